The van der Waals surface area contributed by atoms with Crippen LogP contribution in [0.15, 0.2) is 30.8 Å². The van der Waals surface area contributed by atoms with E-state index in [1.54, 1.807) is 26.8 Å². The summed E-state index contributed by atoms with van der Waals surface area (Å²) >= 11 is 0. The third-order valence-electron chi connectivity index (χ3n) is 4.42. The van der Waals surface area contributed by atoms with Crippen molar-refractivity contribution in [2.24, 2.45) is 0 Å². The molecule has 0 aliphatic rings. The molecule has 1 atom stereocenters. The number of nitrogens with zero attached hydrogens (tertiary/aromatic N) is 1. The van der Waals surface area contributed by atoms with Crippen LogP contribution < -0.4 is 10.6 Å². The smallest absolute Gasteiger partial charge is 0.408 e. The SMILES string of the molecule is C=Cc1cccc(C(C(=O)NCCCC)N(CCC)C(=O)CNC(=O)OC(C)(C)C)c1. The lowest BCUT2D eigenvalue weighted by molar-refractivity contribution is -0.140. The molecule has 1 unspecified atom stereocenters. The molecule has 2 N–H and O–H groups in total. The molecule has 0 spiro atoms. The zero-order valence-corrected chi connectivity index (χ0v) is 19.5. The average molecular weight is 432 g/mol. The number of hydrogen-bond acceptors (Lipinski definition) is 4. The van der Waals surface area contributed by atoms with Gasteiger partial charge in [-0.1, -0.05) is 51.1 Å². The minimum Gasteiger partial charge on any atom is -0.444 e. The van der Waals surface area contributed by atoms with E-state index in [0.717, 1.165) is 18.4 Å². The summed E-state index contributed by atoms with van der Waals surface area (Å²) in [5.74, 6) is -0.596. The Morgan fingerprint density at radius 2 is 1.87 bits per heavy atom. The summed E-state index contributed by atoms with van der Waals surface area (Å²) in [6, 6.07) is 6.61. The lowest BCUT2D eigenvalue weighted by Crippen LogP contribution is -2.48. The summed E-state index contributed by atoms with van der Waals surface area (Å²) in [6.07, 6.45) is 3.50. The van der Waals surface area contributed by atoms with E-state index >= 15 is 0 Å². The minimum absolute atomic E-state index is 0.242. The van der Waals surface area contributed by atoms with Crippen molar-refractivity contribution in [3.63, 3.8) is 0 Å². The maximum absolute atomic E-state index is 13.1. The Morgan fingerprint density at radius 3 is 2.45 bits per heavy atom. The van der Waals surface area contributed by atoms with Gasteiger partial charge in [-0.05, 0) is 50.8 Å². The van der Waals surface area contributed by atoms with Crippen LogP contribution in [0.5, 0.6) is 0 Å². The number of ether oxygens (including phenoxy) is 1. The van der Waals surface area contributed by atoms with Crippen LogP contribution in [0.1, 0.15) is 71.0 Å². The Kier molecular flexibility index (Phi) is 10.8. The molecule has 0 heterocycles. The standard InChI is InChI=1S/C24H37N3O4/c1-7-10-14-25-22(29)21(19-13-11-12-18(9-3)16-19)27(15-8-2)20(28)17-26-23(30)31-24(4,5)6/h9,11-13,16,21H,3,7-8,10,14-15,17H2,1-2,4-6H3,(H,25,29)(H,26,30). The molecule has 0 fully saturated rings. The van der Waals surface area contributed by atoms with E-state index in [4.69, 9.17) is 4.74 Å². The summed E-state index contributed by atoms with van der Waals surface area (Å²) in [4.78, 5) is 39.7. The highest BCUT2D eigenvalue weighted by Gasteiger charge is 2.31. The highest BCUT2D eigenvalue weighted by atomic mass is 16.6. The molecule has 1 aromatic carbocycles. The molecule has 0 saturated heterocycles. The summed E-state index contributed by atoms with van der Waals surface area (Å²) in [5.41, 5.74) is 0.897. The highest BCUT2D eigenvalue weighted by molar-refractivity contribution is 5.90. The second-order valence-electron chi connectivity index (χ2n) is 8.36. The van der Waals surface area contributed by atoms with Crippen molar-refractivity contribution in [3.05, 3.63) is 42.0 Å². The highest BCUT2D eigenvalue weighted by Crippen LogP contribution is 2.23. The topological polar surface area (TPSA) is 87.7 Å². The maximum atomic E-state index is 13.1. The summed E-state index contributed by atoms with van der Waals surface area (Å²) in [6.45, 7) is 13.7. The van der Waals surface area contributed by atoms with E-state index in [9.17, 15) is 14.4 Å². The van der Waals surface area contributed by atoms with Gasteiger partial charge in [-0.3, -0.25) is 9.59 Å². The zero-order chi connectivity index (χ0) is 23.4. The molecule has 0 aromatic heterocycles. The number of carbonyl (C=O) groups is 3. The molecule has 7 nitrogen and oxygen atoms in total. The largest absolute Gasteiger partial charge is 0.444 e. The van der Waals surface area contributed by atoms with E-state index < -0.39 is 17.7 Å². The monoisotopic (exact) mass is 431 g/mol. The third kappa shape index (κ3) is 9.24. The predicted molar refractivity (Wildman–Crippen MR) is 123 cm³/mol. The summed E-state index contributed by atoms with van der Waals surface area (Å²) < 4.78 is 5.20. The minimum atomic E-state index is -0.801. The van der Waals surface area contributed by atoms with E-state index in [2.05, 4.69) is 17.2 Å². The Labute approximate surface area is 186 Å². The number of benzene rings is 1. The van der Waals surface area contributed by atoms with Gasteiger partial charge in [-0.15, -0.1) is 0 Å². The normalized spacial score (nSPS) is 11.9. The van der Waals surface area contributed by atoms with Gasteiger partial charge in [0, 0.05) is 13.1 Å². The van der Waals surface area contributed by atoms with Gasteiger partial charge in [0.25, 0.3) is 0 Å². The van der Waals surface area contributed by atoms with Gasteiger partial charge < -0.3 is 20.3 Å². The van der Waals surface area contributed by atoms with Crippen LogP contribution in [0.2, 0.25) is 0 Å². The maximum Gasteiger partial charge on any atom is 0.408 e. The lowest BCUT2D eigenvalue weighted by Gasteiger charge is -2.31. The number of carbonyl (C=O) groups excluding carboxylic acids is 3. The van der Waals surface area contributed by atoms with Gasteiger partial charge in [-0.2, -0.15) is 0 Å². The van der Waals surface area contributed by atoms with Crippen LogP contribution in [-0.4, -0.2) is 48.0 Å². The average Bonchev–Trinajstić information content (AvgIpc) is 2.70. The van der Waals surface area contributed by atoms with Gasteiger partial charge in [0.15, 0.2) is 0 Å². The molecular weight excluding hydrogens is 394 g/mol. The third-order valence-corrected chi connectivity index (χ3v) is 4.42. The molecule has 0 aliphatic carbocycles. The number of amides is 3. The van der Waals surface area contributed by atoms with Crippen LogP contribution in [0.4, 0.5) is 4.79 Å². The fourth-order valence-electron chi connectivity index (χ4n) is 3.02. The number of alkyl carbamates (subject to hydrolysis) is 1. The van der Waals surface area contributed by atoms with Crippen molar-refractivity contribution in [1.29, 1.82) is 0 Å². The second kappa shape index (κ2) is 12.8. The van der Waals surface area contributed by atoms with Crippen LogP contribution in [0, 0.1) is 0 Å². The number of rotatable bonds is 11. The summed E-state index contributed by atoms with van der Waals surface area (Å²) in [7, 11) is 0. The van der Waals surface area contributed by atoms with Crippen LogP contribution >= 0.6 is 0 Å². The van der Waals surface area contributed by atoms with Crippen LogP contribution in [-0.2, 0) is 14.3 Å². The van der Waals surface area contributed by atoms with Crippen LogP contribution in [0.25, 0.3) is 6.08 Å². The fraction of sp³-hybridized carbons (Fsp3) is 0.542. The lowest BCUT2D eigenvalue weighted by atomic mass is 10.0. The van der Waals surface area contributed by atoms with E-state index in [-0.39, 0.29) is 18.4 Å². The second-order valence-corrected chi connectivity index (χ2v) is 8.36. The van der Waals surface area contributed by atoms with Gasteiger partial charge in [-0.25, -0.2) is 4.79 Å². The van der Waals surface area contributed by atoms with Crippen molar-refractivity contribution >= 4 is 24.0 Å². The van der Waals surface area contributed by atoms with E-state index in [1.165, 1.54) is 4.90 Å². The molecular formula is C24H37N3O4. The molecule has 0 bridgehead atoms. The zero-order valence-electron chi connectivity index (χ0n) is 19.5. The first-order valence-electron chi connectivity index (χ1n) is 10.9. The molecule has 1 aromatic rings. The van der Waals surface area contributed by atoms with Gasteiger partial charge in [0.1, 0.15) is 18.2 Å². The van der Waals surface area contributed by atoms with E-state index in [0.29, 0.717) is 25.1 Å². The quantitative estimate of drug-likeness (QED) is 0.518. The molecule has 31 heavy (non-hydrogen) atoms. The number of unbranched alkanes of at least 4 members (excludes halogenated alkanes) is 1. The first-order valence-corrected chi connectivity index (χ1v) is 10.9. The van der Waals surface area contributed by atoms with Crippen molar-refractivity contribution < 1.29 is 19.1 Å². The summed E-state index contributed by atoms with van der Waals surface area (Å²) in [5, 5.41) is 5.44. The predicted octanol–water partition coefficient (Wildman–Crippen LogP) is 4.05. The molecule has 0 aliphatic heterocycles. The first-order chi connectivity index (χ1) is 14.6. The van der Waals surface area contributed by atoms with Crippen molar-refractivity contribution in [2.75, 3.05) is 19.6 Å². The molecule has 0 saturated carbocycles. The molecule has 7 heteroatoms. The van der Waals surface area contributed by atoms with Gasteiger partial charge in [0.2, 0.25) is 11.8 Å². The molecule has 1 rings (SSSR count). The Bertz CT molecular complexity index is 755. The molecule has 172 valence electrons. The Morgan fingerprint density at radius 1 is 1.16 bits per heavy atom. The van der Waals surface area contributed by atoms with Gasteiger partial charge >= 0.3 is 6.09 Å². The number of hydrogen-bond donors (Lipinski definition) is 2. The fourth-order valence-corrected chi connectivity index (χ4v) is 3.02. The van der Waals surface area contributed by atoms with Gasteiger partial charge in [0.05, 0.1) is 0 Å². The van der Waals surface area contributed by atoms with Crippen molar-refractivity contribution in [3.8, 4) is 0 Å². The molecule has 0 radical (unpaired) electrons. The van der Waals surface area contributed by atoms with E-state index in [1.807, 2.05) is 38.1 Å². The van der Waals surface area contributed by atoms with Crippen molar-refractivity contribution in [1.82, 2.24) is 15.5 Å². The van der Waals surface area contributed by atoms with Crippen LogP contribution in [0.3, 0.4) is 0 Å². The number of nitrogens with one attached hydrogen (secondary N) is 2. The Hall–Kier alpha value is -2.83. The Balaban J connectivity index is 3.12. The first kappa shape index (κ1) is 26.2. The van der Waals surface area contributed by atoms with Crippen molar-refractivity contribution in [2.45, 2.75) is 65.5 Å². The molecule has 3 amide bonds.